The molecule has 0 aliphatic carbocycles. The third-order valence-electron chi connectivity index (χ3n) is 10.1. The van der Waals surface area contributed by atoms with Gasteiger partial charge in [0.25, 0.3) is 0 Å². The Hall–Kier alpha value is -4.36. The van der Waals surface area contributed by atoms with Crippen LogP contribution in [0.25, 0.3) is 0 Å². The van der Waals surface area contributed by atoms with Crippen LogP contribution >= 0.6 is 33.2 Å². The molecular formula is C46H40Cl3NSi2. The highest BCUT2D eigenvalue weighted by Crippen LogP contribution is 2.49. The third kappa shape index (κ3) is 7.30. The number of rotatable bonds is 11. The van der Waals surface area contributed by atoms with Crippen LogP contribution in [0.1, 0.15) is 50.8 Å². The maximum atomic E-state index is 7.63. The summed E-state index contributed by atoms with van der Waals surface area (Å²) in [4.78, 5) is 0. The lowest BCUT2D eigenvalue weighted by Gasteiger charge is -2.48. The maximum absolute atomic E-state index is 7.63. The second kappa shape index (κ2) is 15.7. The van der Waals surface area contributed by atoms with Gasteiger partial charge in [-0.15, -0.1) is 33.2 Å². The van der Waals surface area contributed by atoms with Crippen molar-refractivity contribution >= 4 is 63.7 Å². The van der Waals surface area contributed by atoms with Crippen molar-refractivity contribution in [2.75, 3.05) is 4.23 Å². The van der Waals surface area contributed by atoms with E-state index < -0.39 is 14.4 Å². The number of halogens is 3. The first kappa shape index (κ1) is 36.0. The van der Waals surface area contributed by atoms with Gasteiger partial charge in [-0.05, 0) is 57.2 Å². The van der Waals surface area contributed by atoms with Crippen LogP contribution in [0, 0.1) is 6.92 Å². The summed E-state index contributed by atoms with van der Waals surface area (Å²) in [5.41, 5.74) is 9.09. The van der Waals surface area contributed by atoms with E-state index in [1.165, 1.54) is 32.6 Å². The molecule has 0 N–H and O–H groups in total. The Labute approximate surface area is 324 Å². The molecule has 258 valence electrons. The van der Waals surface area contributed by atoms with Gasteiger partial charge in [0.15, 0.2) is 0 Å². The van der Waals surface area contributed by atoms with E-state index in [2.05, 4.69) is 212 Å². The summed E-state index contributed by atoms with van der Waals surface area (Å²) in [7, 11) is -3.08. The molecule has 0 aliphatic rings. The minimum absolute atomic E-state index is 0.142. The molecule has 1 nitrogen and oxygen atoms in total. The van der Waals surface area contributed by atoms with E-state index in [1.807, 2.05) is 0 Å². The van der Waals surface area contributed by atoms with E-state index in [1.54, 1.807) is 0 Å². The van der Waals surface area contributed by atoms with Gasteiger partial charge in [0, 0.05) is 17.5 Å². The summed E-state index contributed by atoms with van der Waals surface area (Å²) in [6.07, 6.45) is -3.79. The molecule has 7 rings (SSSR count). The van der Waals surface area contributed by atoms with E-state index in [0.717, 1.165) is 22.4 Å². The van der Waals surface area contributed by atoms with Crippen molar-refractivity contribution in [2.24, 2.45) is 0 Å². The van der Waals surface area contributed by atoms with E-state index in [0.29, 0.717) is 0 Å². The summed E-state index contributed by atoms with van der Waals surface area (Å²) in [5, 5.41) is 2.34. The standard InChI is InChI=1S/C46H40Cl3NSi2/c1-35-33-42(44(36-21-9-3-10-22-36)37-23-11-4-12-24-37)46(43(34-35)45(38-25-13-5-14-26-38)39-27-15-6-16-28-39)50(52(47,48)49)51(2,40-29-17-7-18-30-40)41-31-19-8-20-32-41/h3-34,44-45H,1-2H3. The summed E-state index contributed by atoms with van der Waals surface area (Å²) in [5.74, 6) is -0.284. The zero-order chi connectivity index (χ0) is 36.1. The molecule has 0 atom stereocenters. The lowest BCUT2D eigenvalue weighted by atomic mass is 9.78. The lowest BCUT2D eigenvalue weighted by Crippen LogP contribution is -2.73. The van der Waals surface area contributed by atoms with Crippen molar-refractivity contribution in [1.82, 2.24) is 0 Å². The Morgan fingerprint density at radius 3 is 0.962 bits per heavy atom. The van der Waals surface area contributed by atoms with Crippen molar-refractivity contribution in [1.29, 1.82) is 0 Å². The number of benzene rings is 7. The molecule has 7 aromatic rings. The van der Waals surface area contributed by atoms with Crippen LogP contribution in [0.5, 0.6) is 0 Å². The molecule has 0 fully saturated rings. The topological polar surface area (TPSA) is 3.24 Å². The summed E-state index contributed by atoms with van der Waals surface area (Å²) in [6.45, 7) is 4.54. The Bertz CT molecular complexity index is 1970. The average Bonchev–Trinajstić information content (AvgIpc) is 3.18. The van der Waals surface area contributed by atoms with Gasteiger partial charge in [-0.2, -0.15) is 0 Å². The molecular weight excluding hydrogens is 729 g/mol. The first-order valence-electron chi connectivity index (χ1n) is 17.6. The predicted octanol–water partition coefficient (Wildman–Crippen LogP) is 11.7. The van der Waals surface area contributed by atoms with E-state index in [-0.39, 0.29) is 11.8 Å². The van der Waals surface area contributed by atoms with Crippen LogP contribution in [-0.2, 0) is 0 Å². The first-order chi connectivity index (χ1) is 25.3. The molecule has 0 saturated carbocycles. The highest BCUT2D eigenvalue weighted by molar-refractivity contribution is 7.68. The van der Waals surface area contributed by atoms with Gasteiger partial charge in [0.05, 0.1) is 0 Å². The molecule has 0 radical (unpaired) electrons. The molecule has 0 aliphatic heterocycles. The molecule has 0 aromatic heterocycles. The van der Waals surface area contributed by atoms with E-state index in [4.69, 9.17) is 33.2 Å². The molecule has 0 unspecified atom stereocenters. The number of aryl methyl sites for hydroxylation is 1. The summed E-state index contributed by atoms with van der Waals surface area (Å²) < 4.78 is 2.33. The van der Waals surface area contributed by atoms with Crippen LogP contribution < -0.4 is 14.6 Å². The zero-order valence-corrected chi connectivity index (χ0v) is 33.5. The Kier molecular flexibility index (Phi) is 10.9. The van der Waals surface area contributed by atoms with Crippen LogP contribution in [0.4, 0.5) is 5.69 Å². The summed E-state index contributed by atoms with van der Waals surface area (Å²) >= 11 is 22.9. The second-order valence-electron chi connectivity index (χ2n) is 13.4. The van der Waals surface area contributed by atoms with Crippen LogP contribution in [0.2, 0.25) is 6.55 Å². The van der Waals surface area contributed by atoms with Gasteiger partial charge >= 0.3 is 6.16 Å². The van der Waals surface area contributed by atoms with E-state index in [9.17, 15) is 0 Å². The van der Waals surface area contributed by atoms with Crippen molar-refractivity contribution in [3.8, 4) is 0 Å². The molecule has 7 aromatic carbocycles. The first-order valence-corrected chi connectivity index (χ1v) is 25.0. The van der Waals surface area contributed by atoms with Gasteiger partial charge < -0.3 is 4.23 Å². The fourth-order valence-corrected chi connectivity index (χ4v) is 19.7. The molecule has 6 heteroatoms. The molecule has 0 spiro atoms. The molecule has 52 heavy (non-hydrogen) atoms. The average molecular weight is 769 g/mol. The fraction of sp³-hybridized carbons (Fsp3) is 0.0870. The molecule has 0 heterocycles. The number of nitrogens with zero attached hydrogens (tertiary/aromatic N) is 1. The van der Waals surface area contributed by atoms with Crippen molar-refractivity contribution in [3.05, 3.63) is 233 Å². The van der Waals surface area contributed by atoms with Gasteiger partial charge in [-0.1, -0.05) is 200 Å². The normalized spacial score (nSPS) is 11.9. The number of hydrogen-bond acceptors (Lipinski definition) is 1. The second-order valence-corrected chi connectivity index (χ2v) is 25.6. The van der Waals surface area contributed by atoms with Gasteiger partial charge in [0.1, 0.15) is 0 Å². The van der Waals surface area contributed by atoms with E-state index >= 15 is 0 Å². The van der Waals surface area contributed by atoms with Crippen molar-refractivity contribution in [3.63, 3.8) is 0 Å². The maximum Gasteiger partial charge on any atom is 0.447 e. The molecule has 0 bridgehead atoms. The SMILES string of the molecule is Cc1cc(C(c2ccccc2)c2ccccc2)c(N([Si](Cl)(Cl)Cl)[Si](C)(c2ccccc2)c2ccccc2)c(C(c2ccccc2)c2ccccc2)c1. The lowest BCUT2D eigenvalue weighted by molar-refractivity contribution is 0.934. The predicted molar refractivity (Wildman–Crippen MR) is 228 cm³/mol. The largest absolute Gasteiger partial charge is 0.447 e. The van der Waals surface area contributed by atoms with Crippen molar-refractivity contribution in [2.45, 2.75) is 25.3 Å². The molecule has 0 amide bonds. The number of anilines is 1. The minimum Gasteiger partial charge on any atom is -0.381 e. The van der Waals surface area contributed by atoms with Crippen LogP contribution in [-0.4, -0.2) is 14.4 Å². The van der Waals surface area contributed by atoms with Gasteiger partial charge in [-0.25, -0.2) is 0 Å². The quantitative estimate of drug-likeness (QED) is 0.0720. The van der Waals surface area contributed by atoms with Crippen molar-refractivity contribution < 1.29 is 0 Å². The Balaban J connectivity index is 1.68. The minimum atomic E-state index is -3.79. The molecule has 0 saturated heterocycles. The highest BCUT2D eigenvalue weighted by Gasteiger charge is 2.52. The third-order valence-corrected chi connectivity index (χ3v) is 20.0. The highest BCUT2D eigenvalue weighted by atomic mass is 35.8. The van der Waals surface area contributed by atoms with Gasteiger partial charge in [-0.3, -0.25) is 0 Å². The fourth-order valence-electron chi connectivity index (χ4n) is 7.77. The number of hydrogen-bond donors (Lipinski definition) is 0. The Morgan fingerprint density at radius 1 is 0.423 bits per heavy atom. The smallest absolute Gasteiger partial charge is 0.381 e. The van der Waals surface area contributed by atoms with Gasteiger partial charge in [0.2, 0.25) is 8.24 Å². The van der Waals surface area contributed by atoms with Crippen LogP contribution in [0.3, 0.4) is 0 Å². The Morgan fingerprint density at radius 2 is 0.692 bits per heavy atom. The van der Waals surface area contributed by atoms with Crippen LogP contribution in [0.15, 0.2) is 194 Å². The monoisotopic (exact) mass is 767 g/mol. The zero-order valence-electron chi connectivity index (χ0n) is 29.2. The summed E-state index contributed by atoms with van der Waals surface area (Å²) in [6, 6.07) is 69.0.